The Kier molecular flexibility index (Phi) is 4.28. The number of amides is 1. The molecule has 4 N–H and O–H groups in total. The summed E-state index contributed by atoms with van der Waals surface area (Å²) in [5.74, 6) is -1.56. The normalized spacial score (nSPS) is 10.2. The zero-order chi connectivity index (χ0) is 15.6. The van der Waals surface area contributed by atoms with E-state index in [1.165, 1.54) is 6.07 Å². The Labute approximate surface area is 129 Å². The lowest BCUT2D eigenvalue weighted by atomic mass is 10.1. The van der Waals surface area contributed by atoms with E-state index < -0.39 is 11.9 Å². The van der Waals surface area contributed by atoms with Crippen LogP contribution in [0.3, 0.4) is 0 Å². The molecule has 2 aromatic rings. The van der Waals surface area contributed by atoms with E-state index in [1.54, 1.807) is 37.3 Å². The number of halogens is 1. The molecule has 0 heterocycles. The van der Waals surface area contributed by atoms with Gasteiger partial charge in [-0.2, -0.15) is 0 Å². The topological polar surface area (TPSA) is 92.4 Å². The highest BCUT2D eigenvalue weighted by atomic mass is 79.9. The molecule has 0 spiro atoms. The van der Waals surface area contributed by atoms with Crippen LogP contribution in [-0.4, -0.2) is 17.0 Å². The minimum atomic E-state index is -1.000. The summed E-state index contributed by atoms with van der Waals surface area (Å²) in [6.07, 6.45) is 0. The Hall–Kier alpha value is -2.34. The van der Waals surface area contributed by atoms with Gasteiger partial charge in [-0.05, 0) is 42.8 Å². The van der Waals surface area contributed by atoms with E-state index in [-0.39, 0.29) is 5.56 Å². The first-order chi connectivity index (χ1) is 9.88. The van der Waals surface area contributed by atoms with Crippen molar-refractivity contribution in [2.24, 2.45) is 5.73 Å². The summed E-state index contributed by atoms with van der Waals surface area (Å²) in [6.45, 7) is 1.72. The second-order valence-corrected chi connectivity index (χ2v) is 5.43. The van der Waals surface area contributed by atoms with Gasteiger partial charge in [-0.15, -0.1) is 0 Å². The molecule has 5 nitrogen and oxygen atoms in total. The van der Waals surface area contributed by atoms with Crippen LogP contribution in [0, 0.1) is 6.92 Å². The van der Waals surface area contributed by atoms with Crippen molar-refractivity contribution in [1.29, 1.82) is 0 Å². The van der Waals surface area contributed by atoms with Crippen molar-refractivity contribution < 1.29 is 14.7 Å². The van der Waals surface area contributed by atoms with E-state index in [2.05, 4.69) is 21.2 Å². The zero-order valence-electron chi connectivity index (χ0n) is 11.2. The number of primary amides is 1. The molecule has 0 aliphatic rings. The highest BCUT2D eigenvalue weighted by Crippen LogP contribution is 2.26. The van der Waals surface area contributed by atoms with Crippen LogP contribution in [0.15, 0.2) is 40.9 Å². The van der Waals surface area contributed by atoms with Gasteiger partial charge in [0.25, 0.3) is 5.91 Å². The Morgan fingerprint density at radius 3 is 2.48 bits per heavy atom. The number of rotatable bonds is 4. The summed E-state index contributed by atoms with van der Waals surface area (Å²) < 4.78 is 0.778. The van der Waals surface area contributed by atoms with Gasteiger partial charge in [0.05, 0.1) is 16.8 Å². The SMILES string of the molecule is Cc1ccc(Nc2cc(Br)ccc2C(N)=O)cc1C(=O)O. The number of hydrogen-bond donors (Lipinski definition) is 3. The summed E-state index contributed by atoms with van der Waals surface area (Å²) in [4.78, 5) is 22.6. The number of nitrogens with two attached hydrogens (primary N) is 1. The fourth-order valence-corrected chi connectivity index (χ4v) is 2.28. The molecule has 6 heteroatoms. The van der Waals surface area contributed by atoms with Crippen LogP contribution >= 0.6 is 15.9 Å². The van der Waals surface area contributed by atoms with Gasteiger partial charge < -0.3 is 16.2 Å². The molecule has 2 aromatic carbocycles. The van der Waals surface area contributed by atoms with Gasteiger partial charge in [0, 0.05) is 10.2 Å². The molecule has 0 saturated heterocycles. The van der Waals surface area contributed by atoms with E-state index in [0.717, 1.165) is 4.47 Å². The van der Waals surface area contributed by atoms with Crippen LogP contribution in [0.5, 0.6) is 0 Å². The van der Waals surface area contributed by atoms with Gasteiger partial charge in [-0.3, -0.25) is 4.79 Å². The lowest BCUT2D eigenvalue weighted by Gasteiger charge is -2.12. The molecule has 0 fully saturated rings. The van der Waals surface area contributed by atoms with Crippen LogP contribution in [-0.2, 0) is 0 Å². The summed E-state index contributed by atoms with van der Waals surface area (Å²) in [7, 11) is 0. The molecule has 0 atom stereocenters. The van der Waals surface area contributed by atoms with Crippen molar-refractivity contribution in [3.63, 3.8) is 0 Å². The Morgan fingerprint density at radius 2 is 1.86 bits per heavy atom. The average molecular weight is 349 g/mol. The number of aryl methyl sites for hydroxylation is 1. The van der Waals surface area contributed by atoms with E-state index >= 15 is 0 Å². The number of carboxylic acids is 1. The molecule has 0 unspecified atom stereocenters. The van der Waals surface area contributed by atoms with Crippen molar-refractivity contribution >= 4 is 39.2 Å². The fourth-order valence-electron chi connectivity index (χ4n) is 1.92. The molecule has 0 saturated carbocycles. The van der Waals surface area contributed by atoms with Gasteiger partial charge in [-0.1, -0.05) is 22.0 Å². The van der Waals surface area contributed by atoms with Crippen LogP contribution in [0.1, 0.15) is 26.3 Å². The molecule has 0 bridgehead atoms. The molecule has 21 heavy (non-hydrogen) atoms. The number of benzene rings is 2. The summed E-state index contributed by atoms with van der Waals surface area (Å²) in [5.41, 5.74) is 7.61. The van der Waals surface area contributed by atoms with Crippen molar-refractivity contribution in [3.8, 4) is 0 Å². The minimum Gasteiger partial charge on any atom is -0.478 e. The number of carbonyl (C=O) groups is 2. The number of hydrogen-bond acceptors (Lipinski definition) is 3. The first kappa shape index (κ1) is 15.1. The number of carboxylic acid groups (broad SMARTS) is 1. The van der Waals surface area contributed by atoms with E-state index in [4.69, 9.17) is 10.8 Å². The van der Waals surface area contributed by atoms with E-state index in [0.29, 0.717) is 22.5 Å². The Balaban J connectivity index is 2.43. The van der Waals surface area contributed by atoms with Gasteiger partial charge in [-0.25, -0.2) is 4.79 Å². The van der Waals surface area contributed by atoms with Crippen molar-refractivity contribution in [1.82, 2.24) is 0 Å². The first-order valence-corrected chi connectivity index (χ1v) is 6.88. The van der Waals surface area contributed by atoms with Crippen LogP contribution < -0.4 is 11.1 Å². The molecule has 0 radical (unpaired) electrons. The number of aromatic carboxylic acids is 1. The Bertz CT molecular complexity index is 729. The van der Waals surface area contributed by atoms with Crippen molar-refractivity contribution in [2.45, 2.75) is 6.92 Å². The highest BCUT2D eigenvalue weighted by Gasteiger charge is 2.11. The maximum Gasteiger partial charge on any atom is 0.336 e. The summed E-state index contributed by atoms with van der Waals surface area (Å²) in [5, 5.41) is 12.2. The lowest BCUT2D eigenvalue weighted by Crippen LogP contribution is -2.13. The molecule has 0 aliphatic heterocycles. The molecule has 1 amide bonds. The minimum absolute atomic E-state index is 0.204. The maximum absolute atomic E-state index is 11.4. The van der Waals surface area contributed by atoms with Gasteiger partial charge in [0.2, 0.25) is 0 Å². The Morgan fingerprint density at radius 1 is 1.14 bits per heavy atom. The number of carbonyl (C=O) groups excluding carboxylic acids is 1. The van der Waals surface area contributed by atoms with Crippen molar-refractivity contribution in [2.75, 3.05) is 5.32 Å². The van der Waals surface area contributed by atoms with Gasteiger partial charge >= 0.3 is 5.97 Å². The molecule has 2 rings (SSSR count). The second kappa shape index (κ2) is 5.97. The monoisotopic (exact) mass is 348 g/mol. The van der Waals surface area contributed by atoms with Crippen LogP contribution in [0.25, 0.3) is 0 Å². The predicted molar refractivity (Wildman–Crippen MR) is 84.1 cm³/mol. The molecule has 108 valence electrons. The van der Waals surface area contributed by atoms with E-state index in [9.17, 15) is 9.59 Å². The number of anilines is 2. The molecule has 0 aromatic heterocycles. The third kappa shape index (κ3) is 3.41. The quantitative estimate of drug-likeness (QED) is 0.790. The third-order valence-corrected chi connectivity index (χ3v) is 3.49. The zero-order valence-corrected chi connectivity index (χ0v) is 12.8. The highest BCUT2D eigenvalue weighted by molar-refractivity contribution is 9.10. The number of nitrogens with one attached hydrogen (secondary N) is 1. The third-order valence-electron chi connectivity index (χ3n) is 2.99. The van der Waals surface area contributed by atoms with Crippen LogP contribution in [0.4, 0.5) is 11.4 Å². The lowest BCUT2D eigenvalue weighted by molar-refractivity contribution is 0.0696. The first-order valence-electron chi connectivity index (χ1n) is 6.09. The summed E-state index contributed by atoms with van der Waals surface area (Å²) >= 11 is 3.32. The molecular formula is C15H13BrN2O3. The van der Waals surface area contributed by atoms with E-state index in [1.807, 2.05) is 0 Å². The molecular weight excluding hydrogens is 336 g/mol. The predicted octanol–water partition coefficient (Wildman–Crippen LogP) is 3.30. The average Bonchev–Trinajstić information content (AvgIpc) is 2.40. The van der Waals surface area contributed by atoms with Crippen LogP contribution in [0.2, 0.25) is 0 Å². The largest absolute Gasteiger partial charge is 0.478 e. The van der Waals surface area contributed by atoms with Crippen molar-refractivity contribution in [3.05, 3.63) is 57.6 Å². The smallest absolute Gasteiger partial charge is 0.336 e. The maximum atomic E-state index is 11.4. The fraction of sp³-hybridized carbons (Fsp3) is 0.0667. The summed E-state index contributed by atoms with van der Waals surface area (Å²) in [6, 6.07) is 9.98. The standard InChI is InChI=1S/C15H13BrN2O3/c1-8-2-4-10(7-12(8)15(20)21)18-13-6-9(16)3-5-11(13)14(17)19/h2-7,18H,1H3,(H2,17,19)(H,20,21). The molecule has 0 aliphatic carbocycles. The van der Waals surface area contributed by atoms with Gasteiger partial charge in [0.15, 0.2) is 0 Å². The van der Waals surface area contributed by atoms with Gasteiger partial charge in [0.1, 0.15) is 0 Å². The second-order valence-electron chi connectivity index (χ2n) is 4.51.